The number of hydrogen-bond donors (Lipinski definition) is 0. The van der Waals surface area contributed by atoms with Crippen LogP contribution in [0.25, 0.3) is 5.69 Å². The molecule has 1 aromatic heterocycles. The summed E-state index contributed by atoms with van der Waals surface area (Å²) < 4.78 is 34.4. The molecule has 1 aliphatic heterocycles. The number of anilines is 1. The number of nitrogens with zero attached hydrogens (tertiary/aromatic N) is 4. The second-order valence-electron chi connectivity index (χ2n) is 6.93. The van der Waals surface area contributed by atoms with Crippen molar-refractivity contribution in [1.29, 1.82) is 0 Å². The highest BCUT2D eigenvalue weighted by atomic mass is 19.1. The molecular formula is C22H22F2N4O2. The van der Waals surface area contributed by atoms with E-state index in [4.69, 9.17) is 4.74 Å². The summed E-state index contributed by atoms with van der Waals surface area (Å²) in [6.45, 7) is 4.15. The third kappa shape index (κ3) is 3.98. The van der Waals surface area contributed by atoms with E-state index >= 15 is 0 Å². The van der Waals surface area contributed by atoms with Crippen molar-refractivity contribution in [2.75, 3.05) is 37.7 Å². The van der Waals surface area contributed by atoms with E-state index in [-0.39, 0.29) is 23.2 Å². The van der Waals surface area contributed by atoms with Crippen molar-refractivity contribution in [2.45, 2.75) is 6.92 Å². The molecule has 1 fully saturated rings. The molecular weight excluding hydrogens is 390 g/mol. The number of piperazine rings is 1. The number of rotatable bonds is 5. The molecule has 1 saturated heterocycles. The van der Waals surface area contributed by atoms with Crippen LogP contribution in [0.3, 0.4) is 0 Å². The van der Waals surface area contributed by atoms with Crippen molar-refractivity contribution in [2.24, 2.45) is 0 Å². The fraction of sp³-hybridized carbons (Fsp3) is 0.273. The largest absolute Gasteiger partial charge is 0.490 e. The van der Waals surface area contributed by atoms with E-state index in [1.54, 1.807) is 41.4 Å². The summed E-state index contributed by atoms with van der Waals surface area (Å²) in [7, 11) is 0. The second kappa shape index (κ2) is 8.52. The van der Waals surface area contributed by atoms with Gasteiger partial charge in [-0.2, -0.15) is 5.10 Å². The first-order valence-electron chi connectivity index (χ1n) is 9.84. The maximum atomic E-state index is 14.0. The topological polar surface area (TPSA) is 50.6 Å². The molecule has 0 spiro atoms. The Morgan fingerprint density at radius 1 is 1.03 bits per heavy atom. The van der Waals surface area contributed by atoms with Crippen LogP contribution in [0.1, 0.15) is 17.4 Å². The Kier molecular flexibility index (Phi) is 5.65. The minimum atomic E-state index is -0.347. The molecule has 0 aliphatic carbocycles. The van der Waals surface area contributed by atoms with Gasteiger partial charge >= 0.3 is 0 Å². The van der Waals surface area contributed by atoms with Crippen LogP contribution < -0.4 is 9.64 Å². The van der Waals surface area contributed by atoms with E-state index in [2.05, 4.69) is 5.10 Å². The molecule has 1 aliphatic rings. The fourth-order valence-electron chi connectivity index (χ4n) is 3.50. The number of carbonyl (C=O) groups is 1. The molecule has 0 N–H and O–H groups in total. The Morgan fingerprint density at radius 3 is 2.40 bits per heavy atom. The predicted molar refractivity (Wildman–Crippen MR) is 109 cm³/mol. The van der Waals surface area contributed by atoms with Crippen molar-refractivity contribution in [3.8, 4) is 11.4 Å². The molecule has 8 heteroatoms. The van der Waals surface area contributed by atoms with Crippen LogP contribution in [0.2, 0.25) is 0 Å². The number of benzene rings is 2. The van der Waals surface area contributed by atoms with Gasteiger partial charge in [0, 0.05) is 26.2 Å². The van der Waals surface area contributed by atoms with E-state index in [9.17, 15) is 13.6 Å². The van der Waals surface area contributed by atoms with Crippen molar-refractivity contribution >= 4 is 11.6 Å². The Morgan fingerprint density at radius 2 is 1.73 bits per heavy atom. The molecule has 0 bridgehead atoms. The molecule has 2 aromatic carbocycles. The summed E-state index contributed by atoms with van der Waals surface area (Å²) in [5, 5.41) is 4.40. The summed E-state index contributed by atoms with van der Waals surface area (Å²) in [5.41, 5.74) is 1.38. The lowest BCUT2D eigenvalue weighted by atomic mass is 10.2. The number of halogens is 2. The van der Waals surface area contributed by atoms with Gasteiger partial charge in [-0.25, -0.2) is 13.5 Å². The number of amides is 1. The lowest BCUT2D eigenvalue weighted by Crippen LogP contribution is -2.49. The summed E-state index contributed by atoms with van der Waals surface area (Å²) >= 11 is 0. The van der Waals surface area contributed by atoms with E-state index < -0.39 is 0 Å². The van der Waals surface area contributed by atoms with Crippen LogP contribution in [0, 0.1) is 11.6 Å². The molecule has 30 heavy (non-hydrogen) atoms. The quantitative estimate of drug-likeness (QED) is 0.644. The molecule has 0 radical (unpaired) electrons. The second-order valence-corrected chi connectivity index (χ2v) is 6.93. The Labute approximate surface area is 173 Å². The first kappa shape index (κ1) is 19.9. The number of aromatic nitrogens is 2. The third-order valence-corrected chi connectivity index (χ3v) is 5.03. The Balaban J connectivity index is 1.52. The van der Waals surface area contributed by atoms with E-state index in [1.807, 2.05) is 11.8 Å². The van der Waals surface area contributed by atoms with Gasteiger partial charge in [-0.05, 0) is 43.3 Å². The molecule has 0 saturated carbocycles. The number of hydrogen-bond acceptors (Lipinski definition) is 4. The minimum absolute atomic E-state index is 0.209. The number of ether oxygens (including phenoxy) is 1. The SMILES string of the molecule is CCOc1cn(-c2ccc(F)cc2)nc1C(=O)N1CCN(c2ccccc2F)CC1. The van der Waals surface area contributed by atoms with Gasteiger partial charge in [0.15, 0.2) is 11.4 Å². The van der Waals surface area contributed by atoms with Gasteiger partial charge in [0.2, 0.25) is 0 Å². The minimum Gasteiger partial charge on any atom is -0.490 e. The first-order chi connectivity index (χ1) is 14.6. The Bertz CT molecular complexity index is 1030. The highest BCUT2D eigenvalue weighted by molar-refractivity contribution is 5.95. The smallest absolute Gasteiger partial charge is 0.278 e. The summed E-state index contributed by atoms with van der Waals surface area (Å²) in [6, 6.07) is 12.5. The van der Waals surface area contributed by atoms with E-state index in [0.717, 1.165) is 0 Å². The van der Waals surface area contributed by atoms with Crippen LogP contribution in [0.15, 0.2) is 54.7 Å². The molecule has 6 nitrogen and oxygen atoms in total. The van der Waals surface area contributed by atoms with E-state index in [0.29, 0.717) is 49.9 Å². The maximum absolute atomic E-state index is 14.0. The zero-order chi connectivity index (χ0) is 21.1. The van der Waals surface area contributed by atoms with Crippen molar-refractivity contribution in [3.05, 3.63) is 72.1 Å². The molecule has 1 amide bonds. The lowest BCUT2D eigenvalue weighted by molar-refractivity contribution is 0.0736. The monoisotopic (exact) mass is 412 g/mol. The van der Waals surface area contributed by atoms with Gasteiger partial charge < -0.3 is 14.5 Å². The van der Waals surface area contributed by atoms with Crippen LogP contribution in [-0.4, -0.2) is 53.4 Å². The van der Waals surface area contributed by atoms with Gasteiger partial charge in [-0.1, -0.05) is 12.1 Å². The molecule has 0 atom stereocenters. The van der Waals surface area contributed by atoms with Gasteiger partial charge in [0.05, 0.1) is 24.2 Å². The van der Waals surface area contributed by atoms with Crippen molar-refractivity contribution in [1.82, 2.24) is 14.7 Å². The highest BCUT2D eigenvalue weighted by Crippen LogP contribution is 2.24. The van der Waals surface area contributed by atoms with Crippen LogP contribution in [-0.2, 0) is 0 Å². The molecule has 2 heterocycles. The van der Waals surface area contributed by atoms with Gasteiger partial charge in [0.25, 0.3) is 5.91 Å². The zero-order valence-electron chi connectivity index (χ0n) is 16.6. The number of para-hydroxylation sites is 1. The molecule has 3 aromatic rings. The average molecular weight is 412 g/mol. The van der Waals surface area contributed by atoms with Crippen LogP contribution in [0.4, 0.5) is 14.5 Å². The summed E-state index contributed by atoms with van der Waals surface area (Å²) in [5.74, 6) is -0.482. The van der Waals surface area contributed by atoms with Gasteiger partial charge in [0.1, 0.15) is 11.6 Å². The van der Waals surface area contributed by atoms with Crippen LogP contribution in [0.5, 0.6) is 5.75 Å². The third-order valence-electron chi connectivity index (χ3n) is 5.03. The summed E-state index contributed by atoms with van der Waals surface area (Å²) in [4.78, 5) is 16.7. The lowest BCUT2D eigenvalue weighted by Gasteiger charge is -2.36. The number of carbonyl (C=O) groups excluding carboxylic acids is 1. The maximum Gasteiger partial charge on any atom is 0.278 e. The fourth-order valence-corrected chi connectivity index (χ4v) is 3.50. The highest BCUT2D eigenvalue weighted by Gasteiger charge is 2.28. The average Bonchev–Trinajstić information content (AvgIpc) is 3.18. The zero-order valence-corrected chi connectivity index (χ0v) is 16.6. The molecule has 4 rings (SSSR count). The van der Waals surface area contributed by atoms with Crippen molar-refractivity contribution in [3.63, 3.8) is 0 Å². The standard InChI is InChI=1S/C22H22F2N4O2/c1-2-30-20-15-28(17-9-7-16(23)8-10-17)25-21(20)22(29)27-13-11-26(12-14-27)19-6-4-3-5-18(19)24/h3-10,15H,2,11-14H2,1H3. The first-order valence-corrected chi connectivity index (χ1v) is 9.84. The van der Waals surface area contributed by atoms with Crippen LogP contribution >= 0.6 is 0 Å². The summed E-state index contributed by atoms with van der Waals surface area (Å²) in [6.07, 6.45) is 1.62. The molecule has 156 valence electrons. The normalized spacial score (nSPS) is 14.1. The Hall–Kier alpha value is -3.42. The van der Waals surface area contributed by atoms with Crippen molar-refractivity contribution < 1.29 is 18.3 Å². The molecule has 0 unspecified atom stereocenters. The van der Waals surface area contributed by atoms with E-state index in [1.165, 1.54) is 22.9 Å². The van der Waals surface area contributed by atoms with Gasteiger partial charge in [-0.15, -0.1) is 0 Å². The predicted octanol–water partition coefficient (Wildman–Crippen LogP) is 3.51. The van der Waals surface area contributed by atoms with Gasteiger partial charge in [-0.3, -0.25) is 4.79 Å².